The SMILES string of the molecule is CC(C)CN(Cc1cccc(OS(=O)(=O)c2cccc(C(F)(F)F)c2)c1)C(=O)c1cccc2ccccc12. The molecule has 9 heteroatoms. The molecule has 198 valence electrons. The number of alkyl halides is 3. The van der Waals surface area contributed by atoms with Crippen molar-refractivity contribution >= 4 is 26.8 Å². The first-order valence-electron chi connectivity index (χ1n) is 11.9. The van der Waals surface area contributed by atoms with E-state index in [1.165, 1.54) is 12.1 Å². The molecule has 0 atom stereocenters. The van der Waals surface area contributed by atoms with Crippen molar-refractivity contribution in [1.82, 2.24) is 4.90 Å². The highest BCUT2D eigenvalue weighted by Crippen LogP contribution is 2.31. The predicted octanol–water partition coefficient (Wildman–Crippen LogP) is 6.92. The molecule has 0 saturated carbocycles. The molecule has 4 aromatic carbocycles. The van der Waals surface area contributed by atoms with Crippen LogP contribution < -0.4 is 4.18 Å². The average molecular weight is 542 g/mol. The Morgan fingerprint density at radius 3 is 2.32 bits per heavy atom. The molecule has 0 aromatic heterocycles. The predicted molar refractivity (Wildman–Crippen MR) is 139 cm³/mol. The zero-order valence-electron chi connectivity index (χ0n) is 20.8. The lowest BCUT2D eigenvalue weighted by molar-refractivity contribution is -0.137. The maximum Gasteiger partial charge on any atom is 0.416 e. The van der Waals surface area contributed by atoms with E-state index in [0.29, 0.717) is 23.7 Å². The summed E-state index contributed by atoms with van der Waals surface area (Å²) in [5.74, 6) is -0.0740. The standard InChI is InChI=1S/C29H26F3NO4S/c1-20(2)18-33(28(34)27-15-6-10-22-9-3-4-14-26(22)27)19-21-8-5-12-24(16-21)37-38(35,36)25-13-7-11-23(17-25)29(30,31)32/h3-17,20H,18-19H2,1-2H3. The van der Waals surface area contributed by atoms with Crippen LogP contribution in [0.4, 0.5) is 13.2 Å². The van der Waals surface area contributed by atoms with Crippen molar-refractivity contribution in [3.05, 3.63) is 108 Å². The van der Waals surface area contributed by atoms with Gasteiger partial charge in [0.1, 0.15) is 10.6 Å². The number of hydrogen-bond acceptors (Lipinski definition) is 4. The van der Waals surface area contributed by atoms with Gasteiger partial charge in [-0.25, -0.2) is 0 Å². The summed E-state index contributed by atoms with van der Waals surface area (Å²) in [5, 5.41) is 1.77. The van der Waals surface area contributed by atoms with Crippen molar-refractivity contribution in [2.45, 2.75) is 31.5 Å². The van der Waals surface area contributed by atoms with Gasteiger partial charge in [-0.3, -0.25) is 4.79 Å². The number of rotatable bonds is 8. The third-order valence-electron chi connectivity index (χ3n) is 5.82. The van der Waals surface area contributed by atoms with Crippen molar-refractivity contribution < 1.29 is 30.6 Å². The van der Waals surface area contributed by atoms with Gasteiger partial charge in [-0.2, -0.15) is 21.6 Å². The fourth-order valence-electron chi connectivity index (χ4n) is 4.16. The van der Waals surface area contributed by atoms with Crippen molar-refractivity contribution in [3.8, 4) is 5.75 Å². The summed E-state index contributed by atoms with van der Waals surface area (Å²) >= 11 is 0. The highest BCUT2D eigenvalue weighted by molar-refractivity contribution is 7.87. The minimum absolute atomic E-state index is 0.0676. The Morgan fingerprint density at radius 2 is 1.58 bits per heavy atom. The number of carbonyl (C=O) groups is 1. The number of fused-ring (bicyclic) bond motifs is 1. The summed E-state index contributed by atoms with van der Waals surface area (Å²) in [4.78, 5) is 14.7. The first kappa shape index (κ1) is 27.2. The second-order valence-electron chi connectivity index (χ2n) is 9.32. The zero-order chi connectivity index (χ0) is 27.5. The Hall–Kier alpha value is -3.85. The number of nitrogens with zero attached hydrogens (tertiary/aromatic N) is 1. The number of amides is 1. The Balaban J connectivity index is 1.59. The van der Waals surface area contributed by atoms with Gasteiger partial charge >= 0.3 is 16.3 Å². The van der Waals surface area contributed by atoms with E-state index in [2.05, 4.69) is 0 Å². The number of hydrogen-bond donors (Lipinski definition) is 0. The largest absolute Gasteiger partial charge is 0.416 e. The summed E-state index contributed by atoms with van der Waals surface area (Å²) in [6, 6.07) is 22.7. The van der Waals surface area contributed by atoms with Gasteiger partial charge in [0, 0.05) is 18.7 Å². The first-order valence-corrected chi connectivity index (χ1v) is 13.3. The molecule has 0 saturated heterocycles. The van der Waals surface area contributed by atoms with Gasteiger partial charge in [0.25, 0.3) is 5.91 Å². The summed E-state index contributed by atoms with van der Waals surface area (Å²) in [6.07, 6.45) is -4.69. The molecule has 4 rings (SSSR count). The van der Waals surface area contributed by atoms with Gasteiger partial charge in [-0.05, 0) is 58.7 Å². The molecule has 5 nitrogen and oxygen atoms in total. The van der Waals surface area contributed by atoms with E-state index >= 15 is 0 Å². The van der Waals surface area contributed by atoms with Gasteiger partial charge in [-0.15, -0.1) is 0 Å². The van der Waals surface area contributed by atoms with Crippen molar-refractivity contribution in [2.24, 2.45) is 5.92 Å². The van der Waals surface area contributed by atoms with Crippen LogP contribution in [0.15, 0.2) is 95.9 Å². The van der Waals surface area contributed by atoms with Gasteiger partial charge in [0.2, 0.25) is 0 Å². The molecule has 0 aliphatic rings. The molecule has 0 unspecified atom stereocenters. The highest BCUT2D eigenvalue weighted by Gasteiger charge is 2.32. The average Bonchev–Trinajstić information content (AvgIpc) is 2.87. The quantitative estimate of drug-likeness (QED) is 0.227. The number of halogens is 3. The third-order valence-corrected chi connectivity index (χ3v) is 7.06. The number of benzene rings is 4. The van der Waals surface area contributed by atoms with E-state index < -0.39 is 26.8 Å². The van der Waals surface area contributed by atoms with E-state index in [1.807, 2.05) is 50.2 Å². The minimum Gasteiger partial charge on any atom is -0.379 e. The van der Waals surface area contributed by atoms with Crippen LogP contribution in [-0.4, -0.2) is 25.8 Å². The van der Waals surface area contributed by atoms with Crippen LogP contribution in [0.25, 0.3) is 10.8 Å². The highest BCUT2D eigenvalue weighted by atomic mass is 32.2. The molecule has 0 heterocycles. The van der Waals surface area contributed by atoms with Gasteiger partial charge in [-0.1, -0.05) is 68.4 Å². The normalized spacial score (nSPS) is 12.1. The fourth-order valence-corrected chi connectivity index (χ4v) is 5.13. The minimum atomic E-state index is -4.69. The first-order chi connectivity index (χ1) is 17.9. The lowest BCUT2D eigenvalue weighted by atomic mass is 10.0. The van der Waals surface area contributed by atoms with Crippen molar-refractivity contribution in [1.29, 1.82) is 0 Å². The second kappa shape index (κ2) is 10.9. The van der Waals surface area contributed by atoms with Crippen LogP contribution in [0.1, 0.15) is 35.3 Å². The maximum atomic E-state index is 13.6. The molecule has 0 bridgehead atoms. The topological polar surface area (TPSA) is 63.7 Å². The molecule has 38 heavy (non-hydrogen) atoms. The molecular weight excluding hydrogens is 515 g/mol. The van der Waals surface area contributed by atoms with E-state index in [0.717, 1.165) is 29.0 Å². The van der Waals surface area contributed by atoms with Crippen LogP contribution in [0.3, 0.4) is 0 Å². The van der Waals surface area contributed by atoms with E-state index in [4.69, 9.17) is 4.18 Å². The fraction of sp³-hybridized carbons (Fsp3) is 0.207. The van der Waals surface area contributed by atoms with Gasteiger partial charge in [0.15, 0.2) is 0 Å². The third kappa shape index (κ3) is 6.34. The van der Waals surface area contributed by atoms with Crippen LogP contribution >= 0.6 is 0 Å². The van der Waals surface area contributed by atoms with E-state index in [1.54, 1.807) is 23.1 Å². The molecule has 0 N–H and O–H groups in total. The molecule has 0 aliphatic carbocycles. The Kier molecular flexibility index (Phi) is 7.78. The zero-order valence-corrected chi connectivity index (χ0v) is 21.6. The molecule has 0 radical (unpaired) electrons. The molecule has 4 aromatic rings. The van der Waals surface area contributed by atoms with Crippen molar-refractivity contribution in [3.63, 3.8) is 0 Å². The van der Waals surface area contributed by atoms with E-state index in [9.17, 15) is 26.4 Å². The summed E-state index contributed by atoms with van der Waals surface area (Å²) in [5.41, 5.74) is 0.0754. The second-order valence-corrected chi connectivity index (χ2v) is 10.9. The lowest BCUT2D eigenvalue weighted by Gasteiger charge is -2.25. The molecule has 0 spiro atoms. The van der Waals surface area contributed by atoms with Gasteiger partial charge < -0.3 is 9.08 Å². The Labute approximate surface area is 219 Å². The molecule has 1 amide bonds. The monoisotopic (exact) mass is 541 g/mol. The van der Waals surface area contributed by atoms with Crippen LogP contribution in [-0.2, 0) is 22.8 Å². The molecule has 0 fully saturated rings. The lowest BCUT2D eigenvalue weighted by Crippen LogP contribution is -2.33. The van der Waals surface area contributed by atoms with Crippen LogP contribution in [0, 0.1) is 5.92 Å². The van der Waals surface area contributed by atoms with Crippen LogP contribution in [0.2, 0.25) is 0 Å². The summed E-state index contributed by atoms with van der Waals surface area (Å²) in [6.45, 7) is 4.62. The molecular formula is C29H26F3NO4S. The van der Waals surface area contributed by atoms with Gasteiger partial charge in [0.05, 0.1) is 5.56 Å². The maximum absolute atomic E-state index is 13.6. The summed E-state index contributed by atoms with van der Waals surface area (Å²) < 4.78 is 69.8. The number of carbonyl (C=O) groups excluding carboxylic acids is 1. The Morgan fingerprint density at radius 1 is 0.895 bits per heavy atom. The summed E-state index contributed by atoms with van der Waals surface area (Å²) in [7, 11) is -4.52. The van der Waals surface area contributed by atoms with E-state index in [-0.39, 0.29) is 24.1 Å². The van der Waals surface area contributed by atoms with Crippen molar-refractivity contribution in [2.75, 3.05) is 6.54 Å². The molecule has 0 aliphatic heterocycles. The van der Waals surface area contributed by atoms with Crippen LogP contribution in [0.5, 0.6) is 5.75 Å². The smallest absolute Gasteiger partial charge is 0.379 e. The Bertz CT molecular complexity index is 1560.